The minimum atomic E-state index is -0.524. The first-order valence-electron chi connectivity index (χ1n) is 9.94. The Kier molecular flexibility index (Phi) is 9.88. The highest BCUT2D eigenvalue weighted by atomic mass is 35.5. The number of pyridine rings is 2. The van der Waals surface area contributed by atoms with E-state index in [2.05, 4.69) is 9.97 Å². The van der Waals surface area contributed by atoms with Crippen molar-refractivity contribution in [2.75, 3.05) is 17.2 Å². The number of rotatable bonds is 4. The molecule has 0 amide bonds. The lowest BCUT2D eigenvalue weighted by Gasteiger charge is -2.01. The van der Waals surface area contributed by atoms with Crippen molar-refractivity contribution in [2.24, 2.45) is 0 Å². The molecule has 2 aromatic carbocycles. The normalized spacial score (nSPS) is 9.63. The van der Waals surface area contributed by atoms with E-state index in [0.717, 1.165) is 28.8 Å². The molecule has 12 heteroatoms. The van der Waals surface area contributed by atoms with Crippen molar-refractivity contribution in [1.82, 2.24) is 9.97 Å². The van der Waals surface area contributed by atoms with Crippen LogP contribution in [0.25, 0.3) is 0 Å². The number of nitrogens with two attached hydrogens (primary N) is 3. The Morgan fingerprint density at radius 1 is 0.657 bits per heavy atom. The fraction of sp³-hybridized carbons (Fsp3) is 0.0435. The minimum Gasteiger partial charge on any atom is -0.399 e. The van der Waals surface area contributed by atoms with Crippen molar-refractivity contribution in [3.8, 4) is 0 Å². The Bertz CT molecular complexity index is 1210. The van der Waals surface area contributed by atoms with Crippen molar-refractivity contribution >= 4 is 40.0 Å². The Morgan fingerprint density at radius 3 is 1.46 bits per heavy atom. The summed E-state index contributed by atoms with van der Waals surface area (Å²) in [6, 6.07) is 20.4. The Morgan fingerprint density at radius 2 is 1.09 bits per heavy atom. The molecule has 0 radical (unpaired) electrons. The molecule has 0 fully saturated rings. The molecule has 11 nitrogen and oxygen atoms in total. The molecule has 2 aromatic heterocycles. The Hall–Kier alpha value is -4.77. The maximum absolute atomic E-state index is 10.5. The van der Waals surface area contributed by atoms with Gasteiger partial charge in [0.2, 0.25) is 0 Å². The molecular formula is C23H22ClN7O4. The zero-order valence-electron chi connectivity index (χ0n) is 18.3. The molecule has 4 rings (SSSR count). The maximum atomic E-state index is 10.5. The first kappa shape index (κ1) is 26.5. The number of halogens is 1. The van der Waals surface area contributed by atoms with E-state index in [1.165, 1.54) is 24.4 Å². The van der Waals surface area contributed by atoms with Gasteiger partial charge in [0, 0.05) is 41.3 Å². The maximum Gasteiger partial charge on any atom is 0.287 e. The van der Waals surface area contributed by atoms with Crippen molar-refractivity contribution in [2.45, 2.75) is 6.42 Å². The van der Waals surface area contributed by atoms with Gasteiger partial charge in [-0.2, -0.15) is 0 Å². The van der Waals surface area contributed by atoms with Crippen LogP contribution in [0.4, 0.5) is 28.4 Å². The van der Waals surface area contributed by atoms with Gasteiger partial charge in [0.05, 0.1) is 9.85 Å². The fourth-order valence-corrected chi connectivity index (χ4v) is 2.56. The molecule has 2 heterocycles. The van der Waals surface area contributed by atoms with Crippen LogP contribution in [-0.2, 0) is 6.42 Å². The average molecular weight is 496 g/mol. The van der Waals surface area contributed by atoms with Crippen LogP contribution in [0.3, 0.4) is 0 Å². The molecule has 0 aliphatic rings. The third kappa shape index (κ3) is 9.72. The van der Waals surface area contributed by atoms with Gasteiger partial charge < -0.3 is 17.2 Å². The van der Waals surface area contributed by atoms with E-state index in [1.807, 2.05) is 24.3 Å². The number of anilines is 3. The van der Waals surface area contributed by atoms with Gasteiger partial charge >= 0.3 is 0 Å². The molecular weight excluding hydrogens is 474 g/mol. The molecule has 0 aliphatic carbocycles. The predicted octanol–water partition coefficient (Wildman–Crippen LogP) is 4.66. The number of hydrogen-bond acceptors (Lipinski definition) is 9. The summed E-state index contributed by atoms with van der Waals surface area (Å²) in [5.41, 5.74) is 20.4. The lowest BCUT2D eigenvalue weighted by Crippen LogP contribution is -1.95. The summed E-state index contributed by atoms with van der Waals surface area (Å²) < 4.78 is 0. The first-order valence-corrected chi connectivity index (χ1v) is 10.3. The van der Waals surface area contributed by atoms with E-state index in [4.69, 9.17) is 28.8 Å². The van der Waals surface area contributed by atoms with Crippen LogP contribution >= 0.6 is 11.6 Å². The Balaban J connectivity index is 0.000000204. The largest absolute Gasteiger partial charge is 0.399 e. The summed E-state index contributed by atoms with van der Waals surface area (Å²) >= 11 is 5.38. The number of nitro groups is 2. The van der Waals surface area contributed by atoms with Crippen LogP contribution in [0.15, 0.2) is 85.2 Å². The van der Waals surface area contributed by atoms with Crippen LogP contribution in [0.1, 0.15) is 11.3 Å². The van der Waals surface area contributed by atoms with Gasteiger partial charge in [-0.25, -0.2) is 4.98 Å². The molecule has 0 bridgehead atoms. The third-order valence-corrected chi connectivity index (χ3v) is 4.47. The molecule has 0 spiro atoms. The molecule has 6 N–H and O–H groups in total. The van der Waals surface area contributed by atoms with Crippen LogP contribution in [0, 0.1) is 20.2 Å². The van der Waals surface area contributed by atoms with Crippen molar-refractivity contribution < 1.29 is 9.85 Å². The average Bonchev–Trinajstić information content (AvgIpc) is 2.84. The van der Waals surface area contributed by atoms with Gasteiger partial charge in [-0.05, 0) is 54.1 Å². The van der Waals surface area contributed by atoms with E-state index < -0.39 is 9.85 Å². The van der Waals surface area contributed by atoms with Gasteiger partial charge in [-0.3, -0.25) is 25.2 Å². The first-order chi connectivity index (χ1) is 16.6. The lowest BCUT2D eigenvalue weighted by atomic mass is 10.1. The minimum absolute atomic E-state index is 0.00561. The second kappa shape index (κ2) is 13.1. The molecule has 0 atom stereocenters. The summed E-state index contributed by atoms with van der Waals surface area (Å²) in [6.45, 7) is 0. The van der Waals surface area contributed by atoms with E-state index in [0.29, 0.717) is 12.1 Å². The van der Waals surface area contributed by atoms with Gasteiger partial charge in [0.15, 0.2) is 0 Å². The zero-order valence-corrected chi connectivity index (χ0v) is 19.1. The van der Waals surface area contributed by atoms with Crippen LogP contribution < -0.4 is 17.2 Å². The molecule has 0 aliphatic heterocycles. The SMILES string of the molecule is Nc1ccc(Cc2ccc([N+](=O)[O-])cn2)cc1.Nc1ccc(N)cc1.O=[N+]([O-])c1ccc(Cl)nc1. The lowest BCUT2D eigenvalue weighted by molar-refractivity contribution is -0.385. The Labute approximate surface area is 205 Å². The second-order valence-electron chi connectivity index (χ2n) is 6.95. The van der Waals surface area contributed by atoms with Crippen molar-refractivity contribution in [3.63, 3.8) is 0 Å². The topological polar surface area (TPSA) is 190 Å². The smallest absolute Gasteiger partial charge is 0.287 e. The summed E-state index contributed by atoms with van der Waals surface area (Å²) in [6.07, 6.45) is 3.02. The van der Waals surface area contributed by atoms with Gasteiger partial charge in [-0.15, -0.1) is 0 Å². The zero-order chi connectivity index (χ0) is 25.8. The number of benzene rings is 2. The molecule has 0 saturated carbocycles. The molecule has 4 aromatic rings. The van der Waals surface area contributed by atoms with E-state index in [1.54, 1.807) is 30.3 Å². The van der Waals surface area contributed by atoms with Crippen LogP contribution in [-0.4, -0.2) is 19.8 Å². The van der Waals surface area contributed by atoms with Crippen molar-refractivity contribution in [1.29, 1.82) is 0 Å². The van der Waals surface area contributed by atoms with Crippen molar-refractivity contribution in [3.05, 3.63) is 122 Å². The quantitative estimate of drug-likeness (QED) is 0.156. The number of aromatic nitrogens is 2. The highest BCUT2D eigenvalue weighted by molar-refractivity contribution is 6.29. The van der Waals surface area contributed by atoms with E-state index in [9.17, 15) is 20.2 Å². The van der Waals surface area contributed by atoms with Gasteiger partial charge in [-0.1, -0.05) is 23.7 Å². The summed E-state index contributed by atoms with van der Waals surface area (Å²) in [5.74, 6) is 0. The predicted molar refractivity (Wildman–Crippen MR) is 136 cm³/mol. The third-order valence-electron chi connectivity index (χ3n) is 4.24. The summed E-state index contributed by atoms with van der Waals surface area (Å²) in [4.78, 5) is 27.1. The van der Waals surface area contributed by atoms with Gasteiger partial charge in [0.25, 0.3) is 11.4 Å². The van der Waals surface area contributed by atoms with E-state index >= 15 is 0 Å². The number of nitrogen functional groups attached to an aromatic ring is 3. The van der Waals surface area contributed by atoms with Gasteiger partial charge in [0.1, 0.15) is 17.5 Å². The highest BCUT2D eigenvalue weighted by Gasteiger charge is 2.05. The molecule has 35 heavy (non-hydrogen) atoms. The van der Waals surface area contributed by atoms with Crippen LogP contribution in [0.2, 0.25) is 5.15 Å². The standard InChI is InChI=1S/C12H11N3O2.C6H8N2.C5H3ClN2O2/c13-10-3-1-9(2-4-10)7-11-5-6-12(8-14-11)15(16)17;7-5-1-2-6(8)4-3-5;6-5-2-1-4(3-7-5)8(9)10/h1-6,8H,7,13H2;1-4H,7-8H2;1-3H. The molecule has 180 valence electrons. The molecule has 0 saturated heterocycles. The monoisotopic (exact) mass is 495 g/mol. The van der Waals surface area contributed by atoms with Crippen LogP contribution in [0.5, 0.6) is 0 Å². The summed E-state index contributed by atoms with van der Waals surface area (Å²) in [5, 5.41) is 20.7. The highest BCUT2D eigenvalue weighted by Crippen LogP contribution is 2.14. The fourth-order valence-electron chi connectivity index (χ4n) is 2.45. The van der Waals surface area contributed by atoms with E-state index in [-0.39, 0.29) is 16.5 Å². The second-order valence-corrected chi connectivity index (χ2v) is 7.33. The summed E-state index contributed by atoms with van der Waals surface area (Å²) in [7, 11) is 0. The number of hydrogen-bond donors (Lipinski definition) is 3. The number of nitrogens with zero attached hydrogens (tertiary/aromatic N) is 4. The molecule has 0 unspecified atom stereocenters.